The third kappa shape index (κ3) is 15.7. The van der Waals surface area contributed by atoms with Gasteiger partial charge in [0.1, 0.15) is 0 Å². The van der Waals surface area contributed by atoms with Gasteiger partial charge in [-0.05, 0) is 6.42 Å². The lowest BCUT2D eigenvalue weighted by atomic mass is 10.2. The fourth-order valence-electron chi connectivity index (χ4n) is 0.514. The molecule has 0 nitrogen and oxygen atoms in total. The molecule has 0 aliphatic rings. The van der Waals surface area contributed by atoms with Crippen molar-refractivity contribution in [2.75, 3.05) is 0 Å². The summed E-state index contributed by atoms with van der Waals surface area (Å²) >= 11 is 0. The lowest BCUT2D eigenvalue weighted by Gasteiger charge is -1.84. The second-order valence-electron chi connectivity index (χ2n) is 1.81. The van der Waals surface area contributed by atoms with Gasteiger partial charge in [0.15, 0.2) is 0 Å². The average Bonchev–Trinajstić information content (AvgIpc) is 2.02. The van der Waals surface area contributed by atoms with E-state index in [4.69, 9.17) is 0 Å². The Morgan fingerprint density at radius 1 is 1.30 bits per heavy atom. The molecule has 0 saturated heterocycles. The molecule has 0 N–H and O–H groups in total. The summed E-state index contributed by atoms with van der Waals surface area (Å²) in [7, 11) is 0. The van der Waals surface area contributed by atoms with Crippen LogP contribution in [0.5, 0.6) is 0 Å². The summed E-state index contributed by atoms with van der Waals surface area (Å²) in [6.45, 7) is 11.8. The third-order valence-corrected chi connectivity index (χ3v) is 0.997. The Labute approximate surface area is 65.0 Å². The van der Waals surface area contributed by atoms with Gasteiger partial charge in [-0.3, -0.25) is 0 Å². The molecule has 0 aromatic heterocycles. The zero-order chi connectivity index (χ0) is 8.24. The Morgan fingerprint density at radius 2 is 1.90 bits per heavy atom. The van der Waals surface area contributed by atoms with Crippen molar-refractivity contribution in [3.8, 4) is 0 Å². The van der Waals surface area contributed by atoms with Gasteiger partial charge in [0.25, 0.3) is 0 Å². The topological polar surface area (TPSA) is 0 Å². The second-order valence-corrected chi connectivity index (χ2v) is 1.81. The zero-order valence-electron chi connectivity index (χ0n) is 6.97. The summed E-state index contributed by atoms with van der Waals surface area (Å²) in [4.78, 5) is 0. The molecule has 0 aliphatic carbocycles. The van der Waals surface area contributed by atoms with E-state index in [1.165, 1.54) is 19.3 Å². The van der Waals surface area contributed by atoms with Gasteiger partial charge in [-0.2, -0.15) is 0 Å². The van der Waals surface area contributed by atoms with Crippen molar-refractivity contribution in [3.63, 3.8) is 0 Å². The van der Waals surface area contributed by atoms with Crippen molar-refractivity contribution in [1.82, 2.24) is 0 Å². The van der Waals surface area contributed by atoms with Crippen molar-refractivity contribution in [2.45, 2.75) is 26.2 Å². The first-order valence-corrected chi connectivity index (χ1v) is 3.69. The van der Waals surface area contributed by atoms with Gasteiger partial charge >= 0.3 is 0 Å². The number of unbranched alkanes of at least 4 members (excludes halogenated alkanes) is 2. The molecule has 0 atom stereocenters. The van der Waals surface area contributed by atoms with Crippen LogP contribution in [-0.4, -0.2) is 0 Å². The van der Waals surface area contributed by atoms with Crippen LogP contribution in [0.4, 0.5) is 0 Å². The molecule has 0 aromatic rings. The predicted molar refractivity (Wildman–Crippen MR) is 50.1 cm³/mol. The predicted octanol–water partition coefficient (Wildman–Crippen LogP) is 3.72. The number of hydrogen-bond acceptors (Lipinski definition) is 0. The van der Waals surface area contributed by atoms with Crippen LogP contribution in [0.15, 0.2) is 38.0 Å². The van der Waals surface area contributed by atoms with Crippen molar-refractivity contribution >= 4 is 0 Å². The van der Waals surface area contributed by atoms with E-state index in [2.05, 4.69) is 32.7 Å². The van der Waals surface area contributed by atoms with E-state index in [1.54, 1.807) is 0 Å². The first-order valence-electron chi connectivity index (χ1n) is 3.69. The van der Waals surface area contributed by atoms with Crippen LogP contribution < -0.4 is 0 Å². The SMILES string of the molecule is C=C.C=CC=CCCCC. The Kier molecular flexibility index (Phi) is 18.8. The first kappa shape index (κ1) is 12.0. The molecule has 0 heterocycles. The monoisotopic (exact) mass is 138 g/mol. The maximum atomic E-state index is 3.57. The molecule has 0 bridgehead atoms. The van der Waals surface area contributed by atoms with Crippen molar-refractivity contribution in [3.05, 3.63) is 38.0 Å². The molecule has 0 rings (SSSR count). The van der Waals surface area contributed by atoms with E-state index >= 15 is 0 Å². The van der Waals surface area contributed by atoms with Gasteiger partial charge in [0, 0.05) is 0 Å². The highest BCUT2D eigenvalue weighted by molar-refractivity contribution is 4.96. The maximum Gasteiger partial charge on any atom is -0.0348 e. The lowest BCUT2D eigenvalue weighted by Crippen LogP contribution is -1.64. The molecule has 0 saturated carbocycles. The molecule has 0 radical (unpaired) electrons. The van der Waals surface area contributed by atoms with Gasteiger partial charge in [0.05, 0.1) is 0 Å². The van der Waals surface area contributed by atoms with E-state index < -0.39 is 0 Å². The summed E-state index contributed by atoms with van der Waals surface area (Å²) in [6, 6.07) is 0. The molecule has 10 heavy (non-hydrogen) atoms. The van der Waals surface area contributed by atoms with Crippen LogP contribution in [0, 0.1) is 0 Å². The van der Waals surface area contributed by atoms with Crippen LogP contribution in [0.25, 0.3) is 0 Å². The van der Waals surface area contributed by atoms with Crippen LogP contribution in [0.3, 0.4) is 0 Å². The van der Waals surface area contributed by atoms with Gasteiger partial charge in [0.2, 0.25) is 0 Å². The second kappa shape index (κ2) is 15.7. The number of rotatable bonds is 4. The maximum absolute atomic E-state index is 3.57. The Morgan fingerprint density at radius 3 is 2.30 bits per heavy atom. The van der Waals surface area contributed by atoms with E-state index in [0.29, 0.717) is 0 Å². The fraction of sp³-hybridized carbons (Fsp3) is 0.400. The molecule has 0 unspecified atom stereocenters. The molecular formula is C10H18. The van der Waals surface area contributed by atoms with Gasteiger partial charge in [-0.15, -0.1) is 13.2 Å². The Hall–Kier alpha value is -0.780. The highest BCUT2D eigenvalue weighted by atomic mass is 13.8. The molecule has 0 spiro atoms. The smallest absolute Gasteiger partial charge is 0.0348 e. The molecule has 58 valence electrons. The fourth-order valence-corrected chi connectivity index (χ4v) is 0.514. The van der Waals surface area contributed by atoms with Crippen LogP contribution >= 0.6 is 0 Å². The number of hydrogen-bond donors (Lipinski definition) is 0. The van der Waals surface area contributed by atoms with Crippen LogP contribution in [0.1, 0.15) is 26.2 Å². The summed E-state index contributed by atoms with van der Waals surface area (Å²) in [6.07, 6.45) is 9.73. The number of allylic oxidation sites excluding steroid dienone is 3. The Balaban J connectivity index is 0. The molecule has 0 amide bonds. The first-order chi connectivity index (χ1) is 4.91. The minimum Gasteiger partial charge on any atom is -0.106 e. The molecule has 0 heteroatoms. The average molecular weight is 138 g/mol. The largest absolute Gasteiger partial charge is 0.106 e. The summed E-state index contributed by atoms with van der Waals surface area (Å²) in [5.74, 6) is 0. The van der Waals surface area contributed by atoms with Crippen LogP contribution in [-0.2, 0) is 0 Å². The quantitative estimate of drug-likeness (QED) is 0.315. The standard InChI is InChI=1S/C8H14.C2H4/c1-3-5-7-8-6-4-2;1-2/h3,5,7H,1,4,6,8H2,2H3;1-2H2. The minimum atomic E-state index is 1.20. The van der Waals surface area contributed by atoms with Gasteiger partial charge in [-0.1, -0.05) is 44.6 Å². The third-order valence-electron chi connectivity index (χ3n) is 0.997. The van der Waals surface area contributed by atoms with E-state index in [1.807, 2.05) is 12.2 Å². The van der Waals surface area contributed by atoms with Crippen molar-refractivity contribution < 1.29 is 0 Å². The molecular weight excluding hydrogens is 120 g/mol. The minimum absolute atomic E-state index is 1.20. The molecule has 0 fully saturated rings. The van der Waals surface area contributed by atoms with E-state index in [-0.39, 0.29) is 0 Å². The highest BCUT2D eigenvalue weighted by Gasteiger charge is 1.73. The molecule has 0 aromatic carbocycles. The van der Waals surface area contributed by atoms with E-state index in [0.717, 1.165) is 0 Å². The van der Waals surface area contributed by atoms with Crippen molar-refractivity contribution in [2.24, 2.45) is 0 Å². The van der Waals surface area contributed by atoms with Gasteiger partial charge < -0.3 is 0 Å². The van der Waals surface area contributed by atoms with Crippen molar-refractivity contribution in [1.29, 1.82) is 0 Å². The summed E-state index contributed by atoms with van der Waals surface area (Å²) in [5, 5.41) is 0. The van der Waals surface area contributed by atoms with Crippen LogP contribution in [0.2, 0.25) is 0 Å². The lowest BCUT2D eigenvalue weighted by molar-refractivity contribution is 0.815. The normalized spacial score (nSPS) is 8.50. The van der Waals surface area contributed by atoms with E-state index in [9.17, 15) is 0 Å². The Bertz CT molecular complexity index is 80.0. The highest BCUT2D eigenvalue weighted by Crippen LogP contribution is 1.93. The van der Waals surface area contributed by atoms with Gasteiger partial charge in [-0.25, -0.2) is 0 Å². The summed E-state index contributed by atoms with van der Waals surface area (Å²) in [5.41, 5.74) is 0. The zero-order valence-corrected chi connectivity index (χ0v) is 6.97. The molecule has 0 aliphatic heterocycles. The summed E-state index contributed by atoms with van der Waals surface area (Å²) < 4.78 is 0.